The average molecular weight is 581 g/mol. The van der Waals surface area contributed by atoms with Gasteiger partial charge in [0.1, 0.15) is 0 Å². The quantitative estimate of drug-likeness (QED) is 0.0607. The zero-order valence-electron chi connectivity index (χ0n) is 27.9. The Hall–Kier alpha value is -1.06. The molecule has 244 valence electrons. The molecule has 0 radical (unpaired) electrons. The highest BCUT2D eigenvalue weighted by molar-refractivity contribution is 5.77. The van der Waals surface area contributed by atoms with Gasteiger partial charge in [0.25, 0.3) is 0 Å². The fourth-order valence-electron chi connectivity index (χ4n) is 5.79. The number of carbonyl (C=O) groups is 2. The Balaban J connectivity index is 3.47. The Kier molecular flexibility index (Phi) is 32.6. The first-order chi connectivity index (χ1) is 20.1. The van der Waals surface area contributed by atoms with Crippen LogP contribution in [0.4, 0.5) is 0 Å². The number of carbonyl (C=O) groups excluding carboxylic acids is 1. The van der Waals surface area contributed by atoms with Crippen LogP contribution in [0.5, 0.6) is 0 Å². The molecule has 0 spiro atoms. The summed E-state index contributed by atoms with van der Waals surface area (Å²) in [5.74, 6) is -1.34. The van der Waals surface area contributed by atoms with Gasteiger partial charge in [0.15, 0.2) is 6.10 Å². The first-order valence-electron chi connectivity index (χ1n) is 18.5. The number of aliphatic carboxylic acids is 1. The topological polar surface area (TPSA) is 63.6 Å². The van der Waals surface area contributed by atoms with Crippen molar-refractivity contribution in [3.8, 4) is 0 Å². The van der Waals surface area contributed by atoms with Gasteiger partial charge in [0.2, 0.25) is 0 Å². The van der Waals surface area contributed by atoms with Gasteiger partial charge in [-0.3, -0.25) is 4.79 Å². The third kappa shape index (κ3) is 31.7. The monoisotopic (exact) mass is 581 g/mol. The van der Waals surface area contributed by atoms with Gasteiger partial charge >= 0.3 is 11.9 Å². The fraction of sp³-hybridized carbons (Fsp3) is 0.946. The van der Waals surface area contributed by atoms with Gasteiger partial charge in [-0.25, -0.2) is 4.79 Å². The third-order valence-electron chi connectivity index (χ3n) is 8.60. The van der Waals surface area contributed by atoms with Crippen LogP contribution in [0.2, 0.25) is 0 Å². The molecular formula is C37H72O4. The van der Waals surface area contributed by atoms with E-state index >= 15 is 0 Å². The molecule has 4 nitrogen and oxygen atoms in total. The van der Waals surface area contributed by atoms with Crippen LogP contribution in [0.25, 0.3) is 0 Å². The minimum Gasteiger partial charge on any atom is -0.479 e. The third-order valence-corrected chi connectivity index (χ3v) is 8.60. The van der Waals surface area contributed by atoms with Gasteiger partial charge in [-0.05, 0) is 19.3 Å². The lowest BCUT2D eigenvalue weighted by molar-refractivity contribution is -0.164. The number of hydrogen-bond acceptors (Lipinski definition) is 3. The van der Waals surface area contributed by atoms with E-state index in [4.69, 9.17) is 4.74 Å². The van der Waals surface area contributed by atoms with Crippen molar-refractivity contribution in [2.45, 2.75) is 225 Å². The van der Waals surface area contributed by atoms with E-state index < -0.39 is 12.1 Å². The molecule has 0 fully saturated rings. The van der Waals surface area contributed by atoms with Gasteiger partial charge < -0.3 is 9.84 Å². The summed E-state index contributed by atoms with van der Waals surface area (Å²) in [5, 5.41) is 9.44. The largest absolute Gasteiger partial charge is 0.479 e. The number of ether oxygens (including phenoxy) is 1. The van der Waals surface area contributed by atoms with Crippen molar-refractivity contribution in [1.82, 2.24) is 0 Å². The van der Waals surface area contributed by atoms with E-state index in [9.17, 15) is 14.7 Å². The number of carboxylic acids is 1. The summed E-state index contributed by atoms with van der Waals surface area (Å²) in [4.78, 5) is 23.7. The van der Waals surface area contributed by atoms with E-state index in [-0.39, 0.29) is 5.97 Å². The molecule has 4 heteroatoms. The molecule has 0 amide bonds. The van der Waals surface area contributed by atoms with E-state index in [1.165, 1.54) is 154 Å². The van der Waals surface area contributed by atoms with Crippen LogP contribution in [0.1, 0.15) is 219 Å². The highest BCUT2D eigenvalue weighted by Gasteiger charge is 2.21. The summed E-state index contributed by atoms with van der Waals surface area (Å²) >= 11 is 0. The zero-order chi connectivity index (χ0) is 30.1. The van der Waals surface area contributed by atoms with Gasteiger partial charge in [0.05, 0.1) is 0 Å². The van der Waals surface area contributed by atoms with Gasteiger partial charge in [-0.15, -0.1) is 0 Å². The fourth-order valence-corrected chi connectivity index (χ4v) is 5.79. The molecule has 0 bridgehead atoms. The lowest BCUT2D eigenvalue weighted by Gasteiger charge is -2.13. The Morgan fingerprint density at radius 2 is 0.707 bits per heavy atom. The molecular weight excluding hydrogens is 508 g/mol. The molecule has 0 aromatic carbocycles. The van der Waals surface area contributed by atoms with Crippen LogP contribution in [0.3, 0.4) is 0 Å². The van der Waals surface area contributed by atoms with Crippen LogP contribution < -0.4 is 0 Å². The second kappa shape index (κ2) is 33.4. The van der Waals surface area contributed by atoms with Crippen molar-refractivity contribution in [2.24, 2.45) is 0 Å². The second-order valence-corrected chi connectivity index (χ2v) is 12.8. The first kappa shape index (κ1) is 39.9. The molecule has 0 aliphatic carbocycles. The normalized spacial score (nSPS) is 12.0. The number of esters is 1. The minimum atomic E-state index is -1.00. The minimum absolute atomic E-state index is 0.340. The van der Waals surface area contributed by atoms with E-state index in [2.05, 4.69) is 13.8 Å². The van der Waals surface area contributed by atoms with Crippen LogP contribution >= 0.6 is 0 Å². The standard InChI is InChI=1S/C37H72O4/c1-3-5-7-9-11-13-15-16-17-18-19-20-21-22-24-26-28-30-32-34-36(38)41-35(37(39)40)33-31-29-27-25-23-14-12-10-8-6-4-2/h35H,3-34H2,1-2H3,(H,39,40). The molecule has 0 aliphatic heterocycles. The average Bonchev–Trinajstić information content (AvgIpc) is 2.96. The number of rotatable bonds is 34. The van der Waals surface area contributed by atoms with Crippen LogP contribution in [-0.4, -0.2) is 23.1 Å². The van der Waals surface area contributed by atoms with E-state index in [1.807, 2.05) is 0 Å². The van der Waals surface area contributed by atoms with Crippen molar-refractivity contribution < 1.29 is 19.4 Å². The number of unbranched alkanes of at least 4 members (excludes halogenated alkanes) is 28. The number of hydrogen-bond donors (Lipinski definition) is 1. The molecule has 0 saturated carbocycles. The van der Waals surface area contributed by atoms with Crippen molar-refractivity contribution >= 4 is 11.9 Å². The molecule has 0 aromatic rings. The van der Waals surface area contributed by atoms with Gasteiger partial charge in [0, 0.05) is 6.42 Å². The van der Waals surface area contributed by atoms with Gasteiger partial charge in [-0.2, -0.15) is 0 Å². The van der Waals surface area contributed by atoms with E-state index in [0.29, 0.717) is 12.8 Å². The maximum Gasteiger partial charge on any atom is 0.345 e. The summed E-state index contributed by atoms with van der Waals surface area (Å²) in [7, 11) is 0. The summed E-state index contributed by atoms with van der Waals surface area (Å²) in [6.07, 6.45) is 38.6. The predicted molar refractivity (Wildman–Crippen MR) is 177 cm³/mol. The second-order valence-electron chi connectivity index (χ2n) is 12.8. The molecule has 0 aromatic heterocycles. The molecule has 1 N–H and O–H groups in total. The van der Waals surface area contributed by atoms with Crippen molar-refractivity contribution in [1.29, 1.82) is 0 Å². The highest BCUT2D eigenvalue weighted by Crippen LogP contribution is 2.16. The maximum absolute atomic E-state index is 12.2. The molecule has 0 saturated heterocycles. The van der Waals surface area contributed by atoms with Crippen LogP contribution in [0, 0.1) is 0 Å². The Morgan fingerprint density at radius 3 is 1.00 bits per heavy atom. The number of carboxylic acid groups (broad SMARTS) is 1. The molecule has 0 aliphatic rings. The Labute approximate surface area is 256 Å². The molecule has 0 heterocycles. The van der Waals surface area contributed by atoms with E-state index in [0.717, 1.165) is 38.5 Å². The maximum atomic E-state index is 12.2. The highest BCUT2D eigenvalue weighted by atomic mass is 16.6. The lowest BCUT2D eigenvalue weighted by Crippen LogP contribution is -2.27. The van der Waals surface area contributed by atoms with Crippen molar-refractivity contribution in [3.05, 3.63) is 0 Å². The zero-order valence-corrected chi connectivity index (χ0v) is 27.9. The molecule has 41 heavy (non-hydrogen) atoms. The summed E-state index contributed by atoms with van der Waals surface area (Å²) in [6.45, 7) is 4.53. The SMILES string of the molecule is CCCCCCCCCCCCCCCCCCCCCC(=O)OC(CCCCCCCCCCCCC)C(=O)O. The molecule has 1 unspecified atom stereocenters. The van der Waals surface area contributed by atoms with Gasteiger partial charge in [-0.1, -0.05) is 194 Å². The molecule has 1 atom stereocenters. The Bertz CT molecular complexity index is 547. The summed E-state index contributed by atoms with van der Waals surface area (Å²) in [6, 6.07) is 0. The first-order valence-corrected chi connectivity index (χ1v) is 18.5. The smallest absolute Gasteiger partial charge is 0.345 e. The van der Waals surface area contributed by atoms with Crippen molar-refractivity contribution in [2.75, 3.05) is 0 Å². The molecule has 0 rings (SSSR count). The van der Waals surface area contributed by atoms with Crippen molar-refractivity contribution in [3.63, 3.8) is 0 Å². The summed E-state index contributed by atoms with van der Waals surface area (Å²) in [5.41, 5.74) is 0. The van der Waals surface area contributed by atoms with E-state index in [1.54, 1.807) is 0 Å². The predicted octanol–water partition coefficient (Wildman–Crippen LogP) is 12.5. The van der Waals surface area contributed by atoms with Crippen LogP contribution in [0.15, 0.2) is 0 Å². The summed E-state index contributed by atoms with van der Waals surface area (Å²) < 4.78 is 5.30. The lowest BCUT2D eigenvalue weighted by atomic mass is 10.0. The Morgan fingerprint density at radius 1 is 0.439 bits per heavy atom. The van der Waals surface area contributed by atoms with Crippen LogP contribution in [-0.2, 0) is 14.3 Å².